The largest absolute Gasteiger partial charge is 0.464 e. The molecule has 100 valence electrons. The Morgan fingerprint density at radius 1 is 1.42 bits per heavy atom. The lowest BCUT2D eigenvalue weighted by Crippen LogP contribution is -2.11. The Morgan fingerprint density at radius 3 is 2.84 bits per heavy atom. The summed E-state index contributed by atoms with van der Waals surface area (Å²) in [5.41, 5.74) is 8.25. The third-order valence-electron chi connectivity index (χ3n) is 2.96. The molecule has 1 heterocycles. The number of nitrogens with two attached hydrogens (primary N) is 1. The molecular weight excluding hydrogens is 247 g/mol. The van der Waals surface area contributed by atoms with Crippen molar-refractivity contribution in [3.05, 3.63) is 53.1 Å². The number of esters is 1. The van der Waals surface area contributed by atoms with E-state index in [1.807, 2.05) is 6.92 Å². The van der Waals surface area contributed by atoms with Crippen LogP contribution in [0.15, 0.2) is 30.5 Å². The van der Waals surface area contributed by atoms with Gasteiger partial charge in [-0.05, 0) is 36.2 Å². The predicted molar refractivity (Wildman–Crippen MR) is 70.4 cm³/mol. The summed E-state index contributed by atoms with van der Waals surface area (Å²) < 4.78 is 19.6. The fourth-order valence-corrected chi connectivity index (χ4v) is 1.93. The molecule has 1 aromatic carbocycles. The van der Waals surface area contributed by atoms with Crippen molar-refractivity contribution >= 4 is 11.7 Å². The second kappa shape index (κ2) is 5.14. The van der Waals surface area contributed by atoms with E-state index >= 15 is 0 Å². The van der Waals surface area contributed by atoms with Crippen LogP contribution in [-0.4, -0.2) is 17.6 Å². The van der Waals surface area contributed by atoms with Crippen LogP contribution in [0.1, 0.15) is 21.6 Å². The number of methoxy groups -OCH3 is 1. The molecule has 0 saturated heterocycles. The number of anilines is 1. The van der Waals surface area contributed by atoms with E-state index in [1.54, 1.807) is 22.9 Å². The molecule has 1 aromatic heterocycles. The quantitative estimate of drug-likeness (QED) is 0.864. The van der Waals surface area contributed by atoms with E-state index < -0.39 is 5.97 Å². The summed E-state index contributed by atoms with van der Waals surface area (Å²) in [5, 5.41) is 0. The molecule has 5 heteroatoms. The Balaban J connectivity index is 2.38. The van der Waals surface area contributed by atoms with Crippen molar-refractivity contribution in [2.75, 3.05) is 12.8 Å². The van der Waals surface area contributed by atoms with E-state index in [4.69, 9.17) is 10.5 Å². The molecule has 0 bridgehead atoms. The number of halogens is 1. The van der Waals surface area contributed by atoms with Gasteiger partial charge in [-0.1, -0.05) is 6.07 Å². The number of hydrogen-bond acceptors (Lipinski definition) is 3. The van der Waals surface area contributed by atoms with Gasteiger partial charge in [0.25, 0.3) is 0 Å². The van der Waals surface area contributed by atoms with Crippen molar-refractivity contribution < 1.29 is 13.9 Å². The molecule has 2 aromatic rings. The van der Waals surface area contributed by atoms with Crippen LogP contribution in [0.5, 0.6) is 0 Å². The number of ether oxygens (including phenoxy) is 1. The number of rotatable bonds is 3. The number of carbonyl (C=O) groups is 1. The molecule has 0 atom stereocenters. The minimum atomic E-state index is -0.467. The second-order valence-corrected chi connectivity index (χ2v) is 4.35. The lowest BCUT2D eigenvalue weighted by Gasteiger charge is -2.10. The summed E-state index contributed by atoms with van der Waals surface area (Å²) in [6, 6.07) is 6.10. The normalized spacial score (nSPS) is 10.5. The number of benzene rings is 1. The van der Waals surface area contributed by atoms with Gasteiger partial charge in [-0.2, -0.15) is 0 Å². The molecule has 0 aliphatic rings. The first kappa shape index (κ1) is 13.1. The standard InChI is InChI=1S/C14H15FN2O2/c1-9-3-4-11(15)5-10(9)7-17-8-12(16)6-13(17)14(18)19-2/h3-6,8H,7,16H2,1-2H3. The summed E-state index contributed by atoms with van der Waals surface area (Å²) in [5.74, 6) is -0.772. The highest BCUT2D eigenvalue weighted by Gasteiger charge is 2.14. The monoisotopic (exact) mass is 262 g/mol. The first-order valence-electron chi connectivity index (χ1n) is 5.80. The Bertz CT molecular complexity index is 620. The first-order valence-corrected chi connectivity index (χ1v) is 5.80. The van der Waals surface area contributed by atoms with Gasteiger partial charge >= 0.3 is 5.97 Å². The van der Waals surface area contributed by atoms with E-state index in [2.05, 4.69) is 0 Å². The van der Waals surface area contributed by atoms with Gasteiger partial charge in [-0.15, -0.1) is 0 Å². The maximum absolute atomic E-state index is 13.3. The zero-order valence-electron chi connectivity index (χ0n) is 10.8. The van der Waals surface area contributed by atoms with Crippen LogP contribution in [-0.2, 0) is 11.3 Å². The fraction of sp³-hybridized carbons (Fsp3) is 0.214. The smallest absolute Gasteiger partial charge is 0.354 e. The third-order valence-corrected chi connectivity index (χ3v) is 2.96. The van der Waals surface area contributed by atoms with Crippen LogP contribution in [0.3, 0.4) is 0 Å². The number of nitrogen functional groups attached to an aromatic ring is 1. The number of aryl methyl sites for hydroxylation is 1. The molecule has 4 nitrogen and oxygen atoms in total. The molecule has 0 amide bonds. The first-order chi connectivity index (χ1) is 9.01. The molecule has 0 saturated carbocycles. The summed E-state index contributed by atoms with van der Waals surface area (Å²) in [6.07, 6.45) is 1.64. The van der Waals surface area contributed by atoms with Gasteiger partial charge in [0.15, 0.2) is 0 Å². The number of aromatic nitrogens is 1. The maximum atomic E-state index is 13.3. The molecule has 0 aliphatic heterocycles. The highest BCUT2D eigenvalue weighted by Crippen LogP contribution is 2.17. The minimum absolute atomic E-state index is 0.305. The Kier molecular flexibility index (Phi) is 3.55. The average Bonchev–Trinajstić information content (AvgIpc) is 2.74. The zero-order valence-corrected chi connectivity index (χ0v) is 10.8. The van der Waals surface area contributed by atoms with Crippen molar-refractivity contribution in [1.82, 2.24) is 4.57 Å². The van der Waals surface area contributed by atoms with Crippen LogP contribution in [0, 0.1) is 12.7 Å². The second-order valence-electron chi connectivity index (χ2n) is 4.35. The molecule has 0 aliphatic carbocycles. The third kappa shape index (κ3) is 2.76. The molecule has 19 heavy (non-hydrogen) atoms. The van der Waals surface area contributed by atoms with Crippen molar-refractivity contribution in [3.63, 3.8) is 0 Å². The lowest BCUT2D eigenvalue weighted by atomic mass is 10.1. The van der Waals surface area contributed by atoms with Gasteiger partial charge in [0.1, 0.15) is 11.5 Å². The van der Waals surface area contributed by atoms with Crippen LogP contribution in [0.2, 0.25) is 0 Å². The number of nitrogens with zero attached hydrogens (tertiary/aromatic N) is 1. The topological polar surface area (TPSA) is 57.2 Å². The molecule has 0 radical (unpaired) electrons. The van der Waals surface area contributed by atoms with E-state index in [1.165, 1.54) is 19.2 Å². The minimum Gasteiger partial charge on any atom is -0.464 e. The molecule has 0 unspecified atom stereocenters. The Morgan fingerprint density at radius 2 is 2.16 bits per heavy atom. The molecular formula is C14H15FN2O2. The van der Waals surface area contributed by atoms with Crippen molar-refractivity contribution in [2.24, 2.45) is 0 Å². The van der Waals surface area contributed by atoms with E-state index in [9.17, 15) is 9.18 Å². The van der Waals surface area contributed by atoms with Gasteiger partial charge in [0.05, 0.1) is 12.8 Å². The summed E-state index contributed by atoms with van der Waals surface area (Å²) >= 11 is 0. The Labute approximate surface area is 110 Å². The van der Waals surface area contributed by atoms with Crippen LogP contribution in [0.4, 0.5) is 10.1 Å². The van der Waals surface area contributed by atoms with Gasteiger partial charge in [0, 0.05) is 12.7 Å². The van der Waals surface area contributed by atoms with Crippen molar-refractivity contribution in [3.8, 4) is 0 Å². The SMILES string of the molecule is COC(=O)c1cc(N)cn1Cc1cc(F)ccc1C. The predicted octanol–water partition coefficient (Wildman–Crippen LogP) is 2.35. The Hall–Kier alpha value is -2.30. The zero-order chi connectivity index (χ0) is 14.0. The maximum Gasteiger partial charge on any atom is 0.354 e. The van der Waals surface area contributed by atoms with E-state index in [0.717, 1.165) is 11.1 Å². The molecule has 0 fully saturated rings. The van der Waals surface area contributed by atoms with Crippen LogP contribution < -0.4 is 5.73 Å². The van der Waals surface area contributed by atoms with Crippen molar-refractivity contribution in [1.29, 1.82) is 0 Å². The summed E-state index contributed by atoms with van der Waals surface area (Å²) in [6.45, 7) is 2.25. The number of hydrogen-bond donors (Lipinski definition) is 1. The summed E-state index contributed by atoms with van der Waals surface area (Å²) in [4.78, 5) is 11.6. The highest BCUT2D eigenvalue weighted by atomic mass is 19.1. The van der Waals surface area contributed by atoms with Gasteiger partial charge in [0.2, 0.25) is 0 Å². The van der Waals surface area contributed by atoms with Crippen LogP contribution in [0.25, 0.3) is 0 Å². The van der Waals surface area contributed by atoms with Gasteiger partial charge < -0.3 is 15.0 Å². The van der Waals surface area contributed by atoms with E-state index in [0.29, 0.717) is 17.9 Å². The molecule has 2 rings (SSSR count). The summed E-state index contributed by atoms with van der Waals surface area (Å²) in [7, 11) is 1.31. The fourth-order valence-electron chi connectivity index (χ4n) is 1.93. The van der Waals surface area contributed by atoms with Gasteiger partial charge in [-0.25, -0.2) is 9.18 Å². The van der Waals surface area contributed by atoms with Crippen LogP contribution >= 0.6 is 0 Å². The van der Waals surface area contributed by atoms with E-state index in [-0.39, 0.29) is 5.82 Å². The number of carbonyl (C=O) groups excluding carboxylic acids is 1. The molecule has 2 N–H and O–H groups in total. The van der Waals surface area contributed by atoms with Gasteiger partial charge in [-0.3, -0.25) is 0 Å². The lowest BCUT2D eigenvalue weighted by molar-refractivity contribution is 0.0589. The highest BCUT2D eigenvalue weighted by molar-refractivity contribution is 5.89. The molecule has 0 spiro atoms. The van der Waals surface area contributed by atoms with Crippen molar-refractivity contribution in [2.45, 2.75) is 13.5 Å². The average molecular weight is 262 g/mol.